The maximum Gasteiger partial charge on any atom is 0.123 e. The van der Waals surface area contributed by atoms with Crippen molar-refractivity contribution in [1.82, 2.24) is 9.47 Å². The van der Waals surface area contributed by atoms with E-state index in [-0.39, 0.29) is 11.7 Å². The molecule has 5 heteroatoms. The lowest BCUT2D eigenvalue weighted by atomic mass is 9.89. The fraction of sp³-hybridized carbons (Fsp3) is 0.323. The molecule has 188 valence electrons. The number of piperidine rings is 1. The number of rotatable bonds is 5. The summed E-state index contributed by atoms with van der Waals surface area (Å²) < 4.78 is 15.4. The highest BCUT2D eigenvalue weighted by molar-refractivity contribution is 5.83. The minimum Gasteiger partial charge on any atom is -0.399 e. The summed E-state index contributed by atoms with van der Waals surface area (Å²) in [5.74, 6) is 0.598. The van der Waals surface area contributed by atoms with Crippen LogP contribution in [0.15, 0.2) is 72.9 Å². The fourth-order valence-corrected chi connectivity index (χ4v) is 4.81. The van der Waals surface area contributed by atoms with E-state index in [2.05, 4.69) is 59.0 Å². The van der Waals surface area contributed by atoms with Crippen molar-refractivity contribution in [3.05, 3.63) is 95.4 Å². The Labute approximate surface area is 213 Å². The van der Waals surface area contributed by atoms with Crippen LogP contribution < -0.4 is 5.73 Å². The third kappa shape index (κ3) is 6.21. The predicted octanol–water partition coefficient (Wildman–Crippen LogP) is 6.88. The number of aromatic nitrogens is 1. The van der Waals surface area contributed by atoms with E-state index >= 15 is 0 Å². The van der Waals surface area contributed by atoms with Crippen molar-refractivity contribution in [3.8, 4) is 5.69 Å². The number of likely N-dealkylation sites (tertiary alicyclic amines) is 1. The molecule has 36 heavy (non-hydrogen) atoms. The van der Waals surface area contributed by atoms with Crippen LogP contribution in [0.4, 0.5) is 10.1 Å². The van der Waals surface area contributed by atoms with Crippen molar-refractivity contribution in [2.75, 3.05) is 18.8 Å². The van der Waals surface area contributed by atoms with Crippen LogP contribution in [0, 0.1) is 18.7 Å². The summed E-state index contributed by atoms with van der Waals surface area (Å²) >= 11 is 0. The zero-order valence-electron chi connectivity index (χ0n) is 21.5. The second-order valence-electron chi connectivity index (χ2n) is 10.1. The van der Waals surface area contributed by atoms with Crippen LogP contribution in [0.1, 0.15) is 49.3 Å². The molecule has 4 aromatic rings. The Balaban J connectivity index is 0.000000556. The van der Waals surface area contributed by atoms with E-state index < -0.39 is 0 Å². The Hall–Kier alpha value is -3.44. The largest absolute Gasteiger partial charge is 0.399 e. The number of nitrogens with zero attached hydrogens (tertiary/aromatic N) is 2. The average molecular weight is 486 g/mol. The summed E-state index contributed by atoms with van der Waals surface area (Å²) in [5, 5.41) is 1.22. The highest BCUT2D eigenvalue weighted by Gasteiger charge is 2.21. The maximum atomic E-state index is 13.3. The molecule has 5 rings (SSSR count). The topological polar surface area (TPSA) is 51.3 Å². The van der Waals surface area contributed by atoms with Crippen molar-refractivity contribution in [2.24, 2.45) is 5.92 Å². The lowest BCUT2D eigenvalue weighted by Crippen LogP contribution is -2.32. The summed E-state index contributed by atoms with van der Waals surface area (Å²) in [7, 11) is 0. The first kappa shape index (κ1) is 25.6. The van der Waals surface area contributed by atoms with Crippen LogP contribution in [0.2, 0.25) is 0 Å². The minimum absolute atomic E-state index is 0.204. The Bertz CT molecular complexity index is 1300. The first-order chi connectivity index (χ1) is 17.3. The predicted molar refractivity (Wildman–Crippen MR) is 147 cm³/mol. The molecule has 0 atom stereocenters. The van der Waals surface area contributed by atoms with Crippen molar-refractivity contribution in [1.29, 1.82) is 0 Å². The van der Waals surface area contributed by atoms with Gasteiger partial charge in [0.25, 0.3) is 0 Å². The summed E-state index contributed by atoms with van der Waals surface area (Å²) in [4.78, 5) is 12.1. The zero-order chi connectivity index (χ0) is 25.7. The summed E-state index contributed by atoms with van der Waals surface area (Å²) in [6, 6.07) is 21.7. The molecule has 2 N–H and O–H groups in total. The molecule has 4 nitrogen and oxygen atoms in total. The normalized spacial score (nSPS) is 14.6. The Morgan fingerprint density at radius 2 is 1.72 bits per heavy atom. The van der Waals surface area contributed by atoms with Crippen LogP contribution >= 0.6 is 0 Å². The van der Waals surface area contributed by atoms with Crippen molar-refractivity contribution in [3.63, 3.8) is 0 Å². The second-order valence-corrected chi connectivity index (χ2v) is 10.1. The molecule has 0 saturated carbocycles. The molecule has 1 aliphatic heterocycles. The van der Waals surface area contributed by atoms with Gasteiger partial charge in [0.1, 0.15) is 12.1 Å². The summed E-state index contributed by atoms with van der Waals surface area (Å²) in [5.41, 5.74) is 13.0. The van der Waals surface area contributed by atoms with E-state index in [1.165, 1.54) is 47.1 Å². The standard InChI is InChI=1S/C27H28FN3.C4H8O/c1-19-15-27-22(11-14-31(27)26-7-5-24(28)6-8-26)16-23(19)18-30-12-9-20(10-13-30)21-3-2-4-25(29)17-21;1-4(2)3-5/h2-8,11,14-17,20H,9-10,12-13,18,29H2,1H3;3-4H,1-2H3. The molecule has 0 unspecified atom stereocenters. The van der Waals surface area contributed by atoms with Gasteiger partial charge in [-0.05, 0) is 110 Å². The monoisotopic (exact) mass is 485 g/mol. The van der Waals surface area contributed by atoms with Gasteiger partial charge in [0.15, 0.2) is 0 Å². The molecule has 0 amide bonds. The number of nitrogens with two attached hydrogens (primary N) is 1. The molecule has 0 bridgehead atoms. The second kappa shape index (κ2) is 11.5. The van der Waals surface area contributed by atoms with E-state index in [0.717, 1.165) is 42.8 Å². The van der Waals surface area contributed by atoms with E-state index in [1.54, 1.807) is 0 Å². The third-order valence-corrected chi connectivity index (χ3v) is 6.89. The minimum atomic E-state index is -0.210. The van der Waals surface area contributed by atoms with Gasteiger partial charge in [0, 0.05) is 35.4 Å². The van der Waals surface area contributed by atoms with Crippen LogP contribution in [-0.4, -0.2) is 28.8 Å². The molecule has 1 fully saturated rings. The molecular formula is C31H36FN3O. The van der Waals surface area contributed by atoms with Gasteiger partial charge in [0.05, 0.1) is 5.52 Å². The van der Waals surface area contributed by atoms with Crippen LogP contribution in [0.25, 0.3) is 16.6 Å². The van der Waals surface area contributed by atoms with E-state index in [4.69, 9.17) is 5.73 Å². The van der Waals surface area contributed by atoms with Gasteiger partial charge in [-0.15, -0.1) is 0 Å². The fourth-order valence-electron chi connectivity index (χ4n) is 4.81. The molecule has 0 radical (unpaired) electrons. The van der Waals surface area contributed by atoms with E-state index in [9.17, 15) is 9.18 Å². The van der Waals surface area contributed by atoms with Crippen molar-refractivity contribution >= 4 is 22.9 Å². The Morgan fingerprint density at radius 3 is 2.36 bits per heavy atom. The highest BCUT2D eigenvalue weighted by Crippen LogP contribution is 2.31. The van der Waals surface area contributed by atoms with Crippen molar-refractivity contribution < 1.29 is 9.18 Å². The first-order valence-corrected chi connectivity index (χ1v) is 12.7. The van der Waals surface area contributed by atoms with Gasteiger partial charge < -0.3 is 15.1 Å². The number of hydrogen-bond donors (Lipinski definition) is 1. The molecule has 0 aliphatic carbocycles. The molecule has 3 aromatic carbocycles. The van der Waals surface area contributed by atoms with Gasteiger partial charge in [-0.1, -0.05) is 26.0 Å². The lowest BCUT2D eigenvalue weighted by Gasteiger charge is -2.32. The first-order valence-electron chi connectivity index (χ1n) is 12.7. The number of nitrogen functional groups attached to an aromatic ring is 1. The van der Waals surface area contributed by atoms with Crippen LogP contribution in [0.3, 0.4) is 0 Å². The van der Waals surface area contributed by atoms with Gasteiger partial charge in [-0.25, -0.2) is 4.39 Å². The maximum absolute atomic E-state index is 13.3. The van der Waals surface area contributed by atoms with Gasteiger partial charge >= 0.3 is 0 Å². The molecule has 0 spiro atoms. The highest BCUT2D eigenvalue weighted by atomic mass is 19.1. The van der Waals surface area contributed by atoms with Crippen molar-refractivity contribution in [2.45, 2.75) is 46.1 Å². The number of fused-ring (bicyclic) bond motifs is 1. The molecule has 1 aliphatic rings. The average Bonchev–Trinajstić information content (AvgIpc) is 3.28. The summed E-state index contributed by atoms with van der Waals surface area (Å²) in [6.07, 6.45) is 5.33. The summed E-state index contributed by atoms with van der Waals surface area (Å²) in [6.45, 7) is 9.09. The van der Waals surface area contributed by atoms with E-state index in [1.807, 2.05) is 32.0 Å². The lowest BCUT2D eigenvalue weighted by molar-refractivity contribution is -0.110. The van der Waals surface area contributed by atoms with Crippen LogP contribution in [-0.2, 0) is 11.3 Å². The quantitative estimate of drug-likeness (QED) is 0.248. The number of aldehydes is 1. The molecule has 1 saturated heterocycles. The zero-order valence-corrected chi connectivity index (χ0v) is 21.5. The number of halogens is 1. The number of anilines is 1. The number of carbonyl (C=O) groups excluding carboxylic acids is 1. The Morgan fingerprint density at radius 1 is 1.03 bits per heavy atom. The van der Waals surface area contributed by atoms with Crippen LogP contribution in [0.5, 0.6) is 0 Å². The van der Waals surface area contributed by atoms with E-state index in [0.29, 0.717) is 5.92 Å². The number of carbonyl (C=O) groups is 1. The molecule has 1 aromatic heterocycles. The Kier molecular flexibility index (Phi) is 8.21. The molecule has 2 heterocycles. The SMILES string of the molecule is CC(C)C=O.Cc1cc2c(ccn2-c2ccc(F)cc2)cc1CN1CCC(c2cccc(N)c2)CC1. The van der Waals surface area contributed by atoms with Gasteiger partial charge in [-0.2, -0.15) is 0 Å². The third-order valence-electron chi connectivity index (χ3n) is 6.89. The van der Waals surface area contributed by atoms with Gasteiger partial charge in [-0.3, -0.25) is 4.90 Å². The number of benzene rings is 3. The number of aryl methyl sites for hydroxylation is 1. The smallest absolute Gasteiger partial charge is 0.123 e. The number of hydrogen-bond acceptors (Lipinski definition) is 3. The van der Waals surface area contributed by atoms with Gasteiger partial charge in [0.2, 0.25) is 0 Å². The molecular weight excluding hydrogens is 449 g/mol.